The molecule has 0 aliphatic rings. The average molecular weight is 432 g/mol. The molecule has 0 bridgehead atoms. The lowest BCUT2D eigenvalue weighted by Gasteiger charge is -2.24. The van der Waals surface area contributed by atoms with Crippen molar-refractivity contribution >= 4 is 34.9 Å². The molecule has 0 saturated heterocycles. The number of rotatable bonds is 8. The van der Waals surface area contributed by atoms with Gasteiger partial charge in [0.25, 0.3) is 0 Å². The fraction of sp³-hybridized carbons (Fsp3) is 0.227. The number of aromatic nitrogens is 1. The summed E-state index contributed by atoms with van der Waals surface area (Å²) in [7, 11) is 1.61. The maximum Gasteiger partial charge on any atom is 0.322 e. The average Bonchev–Trinajstić information content (AvgIpc) is 3.16. The highest BCUT2D eigenvalue weighted by atomic mass is 35.5. The second-order valence-corrected chi connectivity index (χ2v) is 7.34. The van der Waals surface area contributed by atoms with Gasteiger partial charge in [0.05, 0.1) is 28.9 Å². The summed E-state index contributed by atoms with van der Waals surface area (Å²) in [6.07, 6.45) is 2.02. The van der Waals surface area contributed by atoms with E-state index in [0.717, 1.165) is 12.2 Å². The van der Waals surface area contributed by atoms with Crippen LogP contribution in [0.15, 0.2) is 66.9 Å². The van der Waals surface area contributed by atoms with E-state index in [-0.39, 0.29) is 6.03 Å². The number of amides is 2. The minimum absolute atomic E-state index is 0.265. The van der Waals surface area contributed by atoms with Gasteiger partial charge in [-0.05, 0) is 29.8 Å². The van der Waals surface area contributed by atoms with Crippen LogP contribution in [0.25, 0.3) is 0 Å². The topological polar surface area (TPSA) is 46.5 Å². The van der Waals surface area contributed by atoms with Gasteiger partial charge in [0.2, 0.25) is 0 Å². The van der Waals surface area contributed by atoms with Gasteiger partial charge < -0.3 is 19.5 Å². The molecular formula is C22H23Cl2N3O2. The van der Waals surface area contributed by atoms with Gasteiger partial charge in [-0.3, -0.25) is 0 Å². The Kier molecular flexibility index (Phi) is 7.58. The number of nitrogens with one attached hydrogen (secondary N) is 1. The number of anilines is 1. The van der Waals surface area contributed by atoms with Crippen LogP contribution < -0.4 is 5.32 Å². The molecule has 0 spiro atoms. The summed E-state index contributed by atoms with van der Waals surface area (Å²) in [6, 6.07) is 19.1. The highest BCUT2D eigenvalue weighted by Crippen LogP contribution is 2.29. The lowest BCUT2D eigenvalue weighted by molar-refractivity contribution is 0.152. The Morgan fingerprint density at radius 2 is 1.86 bits per heavy atom. The summed E-state index contributed by atoms with van der Waals surface area (Å²) in [5, 5.41) is 3.56. The van der Waals surface area contributed by atoms with Crippen molar-refractivity contribution in [2.75, 3.05) is 25.6 Å². The minimum atomic E-state index is -0.265. The largest absolute Gasteiger partial charge is 0.383 e. The van der Waals surface area contributed by atoms with E-state index >= 15 is 0 Å². The van der Waals surface area contributed by atoms with Crippen LogP contribution in [0.2, 0.25) is 10.0 Å². The van der Waals surface area contributed by atoms with Gasteiger partial charge >= 0.3 is 6.03 Å². The van der Waals surface area contributed by atoms with Crippen LogP contribution in [0.1, 0.15) is 11.3 Å². The van der Waals surface area contributed by atoms with E-state index < -0.39 is 0 Å². The predicted molar refractivity (Wildman–Crippen MR) is 118 cm³/mol. The maximum absolute atomic E-state index is 12.9. The van der Waals surface area contributed by atoms with Crippen LogP contribution in [-0.4, -0.2) is 35.8 Å². The molecule has 0 radical (unpaired) electrons. The van der Waals surface area contributed by atoms with Crippen LogP contribution in [0.5, 0.6) is 0 Å². The standard InChI is InChI=1S/C22H23Cl2N3O2/c1-29-14-13-27(22(28)25-20-11-5-10-19(23)21(20)24)16-18-9-6-12-26(18)15-17-7-3-2-4-8-17/h2-12H,13-16H2,1H3,(H,25,28). The van der Waals surface area contributed by atoms with E-state index in [1.54, 1.807) is 30.2 Å². The van der Waals surface area contributed by atoms with E-state index in [1.807, 2.05) is 36.5 Å². The van der Waals surface area contributed by atoms with Crippen LogP contribution in [-0.2, 0) is 17.8 Å². The first-order valence-corrected chi connectivity index (χ1v) is 10.0. The number of hydrogen-bond acceptors (Lipinski definition) is 2. The van der Waals surface area contributed by atoms with Crippen molar-refractivity contribution in [2.45, 2.75) is 13.1 Å². The van der Waals surface area contributed by atoms with Crippen molar-refractivity contribution in [1.82, 2.24) is 9.47 Å². The monoisotopic (exact) mass is 431 g/mol. The number of hydrogen-bond donors (Lipinski definition) is 1. The van der Waals surface area contributed by atoms with Gasteiger partial charge in [0.1, 0.15) is 0 Å². The second kappa shape index (κ2) is 10.3. The van der Waals surface area contributed by atoms with Crippen LogP contribution in [0.4, 0.5) is 10.5 Å². The summed E-state index contributed by atoms with van der Waals surface area (Å²) >= 11 is 12.3. The highest BCUT2D eigenvalue weighted by molar-refractivity contribution is 6.43. The molecule has 5 nitrogen and oxygen atoms in total. The molecule has 0 aliphatic carbocycles. The Morgan fingerprint density at radius 1 is 1.07 bits per heavy atom. The number of carbonyl (C=O) groups excluding carboxylic acids is 1. The highest BCUT2D eigenvalue weighted by Gasteiger charge is 2.17. The summed E-state index contributed by atoms with van der Waals surface area (Å²) < 4.78 is 7.32. The van der Waals surface area contributed by atoms with E-state index in [1.165, 1.54) is 5.56 Å². The number of benzene rings is 2. The normalized spacial score (nSPS) is 10.7. The number of methoxy groups -OCH3 is 1. The van der Waals surface area contributed by atoms with Gasteiger partial charge in [0.15, 0.2) is 0 Å². The zero-order valence-corrected chi connectivity index (χ0v) is 17.7. The van der Waals surface area contributed by atoms with Gasteiger partial charge in [-0.15, -0.1) is 0 Å². The quantitative estimate of drug-likeness (QED) is 0.509. The second-order valence-electron chi connectivity index (χ2n) is 6.56. The van der Waals surface area contributed by atoms with Crippen LogP contribution >= 0.6 is 23.2 Å². The Hall–Kier alpha value is -2.47. The van der Waals surface area contributed by atoms with E-state index in [0.29, 0.717) is 35.4 Å². The molecule has 0 atom stereocenters. The zero-order valence-electron chi connectivity index (χ0n) is 16.1. The molecule has 3 rings (SSSR count). The Balaban J connectivity index is 1.75. The molecule has 0 fully saturated rings. The number of halogens is 2. The maximum atomic E-state index is 12.9. The third-order valence-electron chi connectivity index (χ3n) is 4.52. The molecule has 0 aliphatic heterocycles. The molecule has 1 N–H and O–H groups in total. The van der Waals surface area contributed by atoms with E-state index in [2.05, 4.69) is 22.0 Å². The molecular weight excluding hydrogens is 409 g/mol. The number of nitrogens with zero attached hydrogens (tertiary/aromatic N) is 2. The lowest BCUT2D eigenvalue weighted by Crippen LogP contribution is -2.37. The first kappa shape index (κ1) is 21.2. The minimum Gasteiger partial charge on any atom is -0.383 e. The predicted octanol–water partition coefficient (Wildman–Crippen LogP) is 5.52. The van der Waals surface area contributed by atoms with Gasteiger partial charge in [-0.25, -0.2) is 4.79 Å². The molecule has 2 amide bonds. The first-order valence-electron chi connectivity index (χ1n) is 9.25. The van der Waals surface area contributed by atoms with Crippen LogP contribution in [0.3, 0.4) is 0 Å². The molecule has 7 heteroatoms. The van der Waals surface area contributed by atoms with E-state index in [4.69, 9.17) is 27.9 Å². The van der Waals surface area contributed by atoms with Crippen LogP contribution in [0, 0.1) is 0 Å². The third-order valence-corrected chi connectivity index (χ3v) is 5.34. The molecule has 1 aromatic heterocycles. The molecule has 152 valence electrons. The molecule has 29 heavy (non-hydrogen) atoms. The molecule has 0 unspecified atom stereocenters. The number of urea groups is 1. The van der Waals surface area contributed by atoms with Gasteiger partial charge in [0, 0.05) is 32.1 Å². The number of ether oxygens (including phenoxy) is 1. The van der Waals surface area contributed by atoms with Gasteiger partial charge in [-0.2, -0.15) is 0 Å². The molecule has 0 saturated carbocycles. The summed E-state index contributed by atoms with van der Waals surface area (Å²) in [4.78, 5) is 14.6. The Bertz CT molecular complexity index is 944. The molecule has 2 aromatic carbocycles. The van der Waals surface area contributed by atoms with Gasteiger partial charge in [-0.1, -0.05) is 59.6 Å². The third kappa shape index (κ3) is 5.76. The molecule has 3 aromatic rings. The van der Waals surface area contributed by atoms with Crippen molar-refractivity contribution in [3.8, 4) is 0 Å². The Labute approximate surface area is 180 Å². The lowest BCUT2D eigenvalue weighted by atomic mass is 10.2. The van der Waals surface area contributed by atoms with Crippen molar-refractivity contribution in [2.24, 2.45) is 0 Å². The van der Waals surface area contributed by atoms with Crippen molar-refractivity contribution in [3.63, 3.8) is 0 Å². The van der Waals surface area contributed by atoms with Crippen molar-refractivity contribution in [3.05, 3.63) is 88.2 Å². The van der Waals surface area contributed by atoms with E-state index in [9.17, 15) is 4.79 Å². The fourth-order valence-electron chi connectivity index (χ4n) is 2.97. The Morgan fingerprint density at radius 3 is 2.62 bits per heavy atom. The summed E-state index contributed by atoms with van der Waals surface area (Å²) in [5.74, 6) is 0. The SMILES string of the molecule is COCCN(Cc1cccn1Cc1ccccc1)C(=O)Nc1cccc(Cl)c1Cl. The summed E-state index contributed by atoms with van der Waals surface area (Å²) in [6.45, 7) is 2.05. The smallest absolute Gasteiger partial charge is 0.322 e. The van der Waals surface area contributed by atoms with Crippen molar-refractivity contribution < 1.29 is 9.53 Å². The van der Waals surface area contributed by atoms with Crippen molar-refractivity contribution in [1.29, 1.82) is 0 Å². The molecule has 1 heterocycles. The zero-order chi connectivity index (χ0) is 20.6. The number of carbonyl (C=O) groups is 1. The first-order chi connectivity index (χ1) is 14.1. The summed E-state index contributed by atoms with van der Waals surface area (Å²) in [5.41, 5.74) is 2.70. The fourth-order valence-corrected chi connectivity index (χ4v) is 3.32.